The number of likely N-dealkylation sites (tertiary alicyclic amines) is 1. The fraction of sp³-hybridized carbons (Fsp3) is 0.368. The Balaban J connectivity index is 0.00000196. The molecule has 2 heterocycles. The lowest BCUT2D eigenvalue weighted by atomic mass is 10.1. The molecule has 0 unspecified atom stereocenters. The highest BCUT2D eigenvalue weighted by molar-refractivity contribution is 7.95. The van der Waals surface area contributed by atoms with Crippen molar-refractivity contribution in [3.8, 4) is 0 Å². The molecule has 26 heavy (non-hydrogen) atoms. The average molecular weight is 394 g/mol. The van der Waals surface area contributed by atoms with E-state index in [0.717, 1.165) is 31.0 Å². The predicted molar refractivity (Wildman–Crippen MR) is 109 cm³/mol. The molecule has 0 spiro atoms. The van der Waals surface area contributed by atoms with Crippen molar-refractivity contribution in [2.24, 2.45) is 0 Å². The van der Waals surface area contributed by atoms with Crippen LogP contribution in [0.1, 0.15) is 19.3 Å². The summed E-state index contributed by atoms with van der Waals surface area (Å²) in [6.45, 7) is 3.40. The minimum absolute atomic E-state index is 0. The number of hydrogen-bond donors (Lipinski definition) is 0. The van der Waals surface area contributed by atoms with E-state index in [1.165, 1.54) is 23.6 Å². The first-order valence-corrected chi connectivity index (χ1v) is 10.3. The molecule has 2 aliphatic rings. The number of para-hydroxylation sites is 3. The standard InChI is InChI=1S/C19H23N3O2S.ClH/c23-25(24)21(16-15-20-13-7-2-8-14-20)18-11-5-6-12-19(18)22(25)17-9-3-1-4-10-17;/h1,3-6,9-12H,2,7-8,13-16H2;1H. The molecule has 2 aliphatic heterocycles. The highest BCUT2D eigenvalue weighted by Crippen LogP contribution is 2.44. The van der Waals surface area contributed by atoms with Crippen LogP contribution in [0, 0.1) is 0 Å². The van der Waals surface area contributed by atoms with Gasteiger partial charge in [-0.05, 0) is 50.2 Å². The van der Waals surface area contributed by atoms with Gasteiger partial charge in [-0.3, -0.25) is 0 Å². The summed E-state index contributed by atoms with van der Waals surface area (Å²) in [7, 11) is -3.60. The summed E-state index contributed by atoms with van der Waals surface area (Å²) in [5.74, 6) is 0. The Labute approximate surface area is 161 Å². The number of fused-ring (bicyclic) bond motifs is 1. The van der Waals surface area contributed by atoms with Crippen molar-refractivity contribution >= 4 is 39.7 Å². The van der Waals surface area contributed by atoms with Crippen molar-refractivity contribution in [3.05, 3.63) is 54.6 Å². The number of benzene rings is 2. The molecule has 2 aromatic rings. The van der Waals surface area contributed by atoms with Crippen LogP contribution >= 0.6 is 12.4 Å². The lowest BCUT2D eigenvalue weighted by Crippen LogP contribution is -2.41. The van der Waals surface area contributed by atoms with Crippen molar-refractivity contribution in [1.82, 2.24) is 4.90 Å². The van der Waals surface area contributed by atoms with Gasteiger partial charge in [0, 0.05) is 13.1 Å². The highest BCUT2D eigenvalue weighted by atomic mass is 35.5. The lowest BCUT2D eigenvalue weighted by molar-refractivity contribution is 0.235. The number of nitrogens with zero attached hydrogens (tertiary/aromatic N) is 3. The molecule has 1 fully saturated rings. The first kappa shape index (κ1) is 19.0. The van der Waals surface area contributed by atoms with E-state index in [2.05, 4.69) is 4.90 Å². The second-order valence-electron chi connectivity index (χ2n) is 6.57. The van der Waals surface area contributed by atoms with Crippen molar-refractivity contribution in [1.29, 1.82) is 0 Å². The van der Waals surface area contributed by atoms with E-state index in [4.69, 9.17) is 0 Å². The second-order valence-corrected chi connectivity index (χ2v) is 8.27. The molecular formula is C19H24ClN3O2S. The van der Waals surface area contributed by atoms with E-state index in [-0.39, 0.29) is 12.4 Å². The molecule has 0 saturated carbocycles. The molecule has 2 aromatic carbocycles. The van der Waals surface area contributed by atoms with Gasteiger partial charge in [0.1, 0.15) is 0 Å². The van der Waals surface area contributed by atoms with Crippen LogP contribution in [0.25, 0.3) is 0 Å². The smallest absolute Gasteiger partial charge is 0.302 e. The number of rotatable bonds is 4. The molecule has 4 rings (SSSR count). The third kappa shape index (κ3) is 3.41. The largest absolute Gasteiger partial charge is 0.331 e. The molecule has 7 heteroatoms. The topological polar surface area (TPSA) is 43.9 Å². The molecule has 0 N–H and O–H groups in total. The Morgan fingerprint density at radius 1 is 0.769 bits per heavy atom. The van der Waals surface area contributed by atoms with E-state index in [1.54, 1.807) is 4.31 Å². The van der Waals surface area contributed by atoms with Crippen molar-refractivity contribution < 1.29 is 8.42 Å². The van der Waals surface area contributed by atoms with Crippen molar-refractivity contribution in [3.63, 3.8) is 0 Å². The minimum Gasteiger partial charge on any atom is -0.302 e. The molecular weight excluding hydrogens is 370 g/mol. The van der Waals surface area contributed by atoms with Crippen molar-refractivity contribution in [2.45, 2.75) is 19.3 Å². The normalized spacial score (nSPS) is 19.1. The van der Waals surface area contributed by atoms with Crippen LogP contribution in [0.15, 0.2) is 54.6 Å². The summed E-state index contributed by atoms with van der Waals surface area (Å²) < 4.78 is 29.5. The van der Waals surface area contributed by atoms with Gasteiger partial charge in [-0.2, -0.15) is 8.42 Å². The van der Waals surface area contributed by atoms with E-state index >= 15 is 0 Å². The summed E-state index contributed by atoms with van der Waals surface area (Å²) >= 11 is 0. The summed E-state index contributed by atoms with van der Waals surface area (Å²) in [6.07, 6.45) is 3.70. The number of piperidine rings is 1. The van der Waals surface area contributed by atoms with Gasteiger partial charge < -0.3 is 4.90 Å². The zero-order valence-electron chi connectivity index (χ0n) is 14.6. The molecule has 0 radical (unpaired) electrons. The van der Waals surface area contributed by atoms with Gasteiger partial charge in [0.15, 0.2) is 0 Å². The monoisotopic (exact) mass is 393 g/mol. The highest BCUT2D eigenvalue weighted by Gasteiger charge is 2.40. The molecule has 1 saturated heterocycles. The van der Waals surface area contributed by atoms with Crippen LogP contribution in [-0.4, -0.2) is 39.5 Å². The number of anilines is 3. The van der Waals surface area contributed by atoms with Gasteiger partial charge in [0.05, 0.1) is 17.1 Å². The first-order valence-electron chi connectivity index (χ1n) is 8.87. The molecule has 0 amide bonds. The third-order valence-corrected chi connectivity index (χ3v) is 6.74. The molecule has 0 aromatic heterocycles. The zero-order valence-corrected chi connectivity index (χ0v) is 16.3. The van der Waals surface area contributed by atoms with Crippen LogP contribution < -0.4 is 8.61 Å². The summed E-state index contributed by atoms with van der Waals surface area (Å²) in [6, 6.07) is 16.9. The van der Waals surface area contributed by atoms with E-state index in [1.807, 2.05) is 54.6 Å². The molecule has 0 atom stereocenters. The quantitative estimate of drug-likeness (QED) is 0.793. The Bertz CT molecular complexity index is 839. The van der Waals surface area contributed by atoms with Crippen LogP contribution in [0.2, 0.25) is 0 Å². The van der Waals surface area contributed by atoms with E-state index < -0.39 is 10.2 Å². The van der Waals surface area contributed by atoms with Crippen LogP contribution in [0.5, 0.6) is 0 Å². The van der Waals surface area contributed by atoms with Gasteiger partial charge >= 0.3 is 10.2 Å². The Kier molecular flexibility index (Phi) is 5.75. The minimum atomic E-state index is -3.60. The second kappa shape index (κ2) is 7.86. The summed E-state index contributed by atoms with van der Waals surface area (Å²) in [5, 5.41) is 0. The zero-order chi connectivity index (χ0) is 17.3. The maximum atomic E-state index is 13.3. The lowest BCUT2D eigenvalue weighted by Gasteiger charge is -2.29. The SMILES string of the molecule is Cl.O=S1(=O)N(CCN2CCCCC2)c2ccccc2N1c1ccccc1. The van der Waals surface area contributed by atoms with Gasteiger partial charge in [-0.25, -0.2) is 8.61 Å². The van der Waals surface area contributed by atoms with Crippen LogP contribution in [0.3, 0.4) is 0 Å². The van der Waals surface area contributed by atoms with Gasteiger partial charge in [-0.15, -0.1) is 12.4 Å². The average Bonchev–Trinajstić information content (AvgIpc) is 2.87. The van der Waals surface area contributed by atoms with E-state index in [0.29, 0.717) is 12.2 Å². The molecule has 0 aliphatic carbocycles. The summed E-state index contributed by atoms with van der Waals surface area (Å²) in [4.78, 5) is 2.37. The third-order valence-electron chi connectivity index (χ3n) is 4.94. The van der Waals surface area contributed by atoms with Gasteiger partial charge in [0.25, 0.3) is 0 Å². The fourth-order valence-corrected chi connectivity index (χ4v) is 5.38. The molecule has 0 bridgehead atoms. The van der Waals surface area contributed by atoms with Crippen LogP contribution in [0.4, 0.5) is 17.1 Å². The number of hydrogen-bond acceptors (Lipinski definition) is 3. The van der Waals surface area contributed by atoms with Gasteiger partial charge in [0.2, 0.25) is 0 Å². The van der Waals surface area contributed by atoms with Crippen LogP contribution in [-0.2, 0) is 10.2 Å². The Morgan fingerprint density at radius 3 is 2.08 bits per heavy atom. The summed E-state index contributed by atoms with van der Waals surface area (Å²) in [5.41, 5.74) is 2.17. The Hall–Kier alpha value is -1.76. The molecule has 140 valence electrons. The van der Waals surface area contributed by atoms with Gasteiger partial charge in [-0.1, -0.05) is 36.8 Å². The maximum Gasteiger partial charge on any atom is 0.331 e. The maximum absolute atomic E-state index is 13.3. The Morgan fingerprint density at radius 2 is 1.38 bits per heavy atom. The van der Waals surface area contributed by atoms with E-state index in [9.17, 15) is 8.42 Å². The fourth-order valence-electron chi connectivity index (χ4n) is 3.68. The molecule has 5 nitrogen and oxygen atoms in total. The predicted octanol–water partition coefficient (Wildman–Crippen LogP) is 3.80. The first-order chi connectivity index (χ1) is 12.2. The number of halogens is 1. The van der Waals surface area contributed by atoms with Crippen molar-refractivity contribution in [2.75, 3.05) is 34.8 Å².